The molecule has 0 saturated carbocycles. The van der Waals surface area contributed by atoms with Gasteiger partial charge in [-0.2, -0.15) is 0 Å². The third kappa shape index (κ3) is 8.08. The second-order valence-electron chi connectivity index (χ2n) is 9.54. The van der Waals surface area contributed by atoms with Crippen LogP contribution in [0.25, 0.3) is 0 Å². The van der Waals surface area contributed by atoms with Crippen molar-refractivity contribution in [3.63, 3.8) is 0 Å². The van der Waals surface area contributed by atoms with Crippen molar-refractivity contribution in [1.29, 1.82) is 0 Å². The average molecular weight is 427 g/mol. The van der Waals surface area contributed by atoms with Gasteiger partial charge in [-0.25, -0.2) is 0 Å². The molecule has 168 valence electrons. The van der Waals surface area contributed by atoms with Crippen LogP contribution in [0.5, 0.6) is 11.5 Å². The molecule has 5 heteroatoms. The molecule has 2 aromatic rings. The first-order chi connectivity index (χ1) is 14.5. The van der Waals surface area contributed by atoms with Gasteiger partial charge >= 0.3 is 5.97 Å². The molecule has 31 heavy (non-hydrogen) atoms. The Hall–Kier alpha value is -2.82. The van der Waals surface area contributed by atoms with E-state index in [9.17, 15) is 9.59 Å². The number of hydrogen-bond acceptors (Lipinski definition) is 5. The fourth-order valence-electron chi connectivity index (χ4n) is 3.79. The molecule has 0 radical (unpaired) electrons. The lowest BCUT2D eigenvalue weighted by Crippen LogP contribution is -2.24. The van der Waals surface area contributed by atoms with Gasteiger partial charge in [0.25, 0.3) is 0 Å². The second kappa shape index (κ2) is 10.5. The number of methoxy groups -OCH3 is 1. The fraction of sp³-hybridized carbons (Fsp3) is 0.462. The summed E-state index contributed by atoms with van der Waals surface area (Å²) in [5.41, 5.74) is 2.11. The smallest absolute Gasteiger partial charge is 0.313 e. The van der Waals surface area contributed by atoms with E-state index in [0.717, 1.165) is 12.2 Å². The van der Waals surface area contributed by atoms with E-state index in [1.54, 1.807) is 24.3 Å². The number of benzene rings is 2. The van der Waals surface area contributed by atoms with E-state index in [1.165, 1.54) is 12.7 Å². The van der Waals surface area contributed by atoms with Crippen LogP contribution in [0.15, 0.2) is 48.5 Å². The van der Waals surface area contributed by atoms with Crippen molar-refractivity contribution in [2.45, 2.75) is 52.9 Å². The molecule has 2 rings (SSSR count). The van der Waals surface area contributed by atoms with Crippen LogP contribution in [-0.4, -0.2) is 32.1 Å². The van der Waals surface area contributed by atoms with Gasteiger partial charge < -0.3 is 14.2 Å². The summed E-state index contributed by atoms with van der Waals surface area (Å²) in [6.45, 7) is 12.1. The SMILES string of the molecule is COC(=O)CC(=O)c1ccc(OCCOc2ccc(C(C)(C)CC(C)(C)C)cc2)cc1. The predicted molar refractivity (Wildman–Crippen MR) is 122 cm³/mol. The Morgan fingerprint density at radius 1 is 0.774 bits per heavy atom. The number of Topliss-reactive ketones (excluding diaryl/α,β-unsaturated/α-hetero) is 1. The van der Waals surface area contributed by atoms with Crippen LogP contribution in [0.3, 0.4) is 0 Å². The van der Waals surface area contributed by atoms with E-state index in [1.807, 2.05) is 12.1 Å². The van der Waals surface area contributed by atoms with Crippen molar-refractivity contribution < 1.29 is 23.8 Å². The Bertz CT molecular complexity index is 858. The zero-order valence-corrected chi connectivity index (χ0v) is 19.5. The van der Waals surface area contributed by atoms with Crippen LogP contribution >= 0.6 is 0 Å². The second-order valence-corrected chi connectivity index (χ2v) is 9.54. The molecule has 0 aliphatic heterocycles. The Morgan fingerprint density at radius 3 is 1.71 bits per heavy atom. The van der Waals surface area contributed by atoms with E-state index in [2.05, 4.69) is 51.5 Å². The molecule has 0 N–H and O–H groups in total. The molecule has 0 aliphatic rings. The molecule has 0 spiro atoms. The largest absolute Gasteiger partial charge is 0.490 e. The Kier molecular flexibility index (Phi) is 8.26. The first-order valence-electron chi connectivity index (χ1n) is 10.6. The highest BCUT2D eigenvalue weighted by molar-refractivity contribution is 6.05. The van der Waals surface area contributed by atoms with Gasteiger partial charge in [0.05, 0.1) is 7.11 Å². The summed E-state index contributed by atoms with van der Waals surface area (Å²) in [7, 11) is 1.26. The van der Waals surface area contributed by atoms with Crippen molar-refractivity contribution in [2.24, 2.45) is 5.41 Å². The molecule has 5 nitrogen and oxygen atoms in total. The first kappa shape index (κ1) is 24.4. The van der Waals surface area contributed by atoms with Crippen molar-refractivity contribution in [1.82, 2.24) is 0 Å². The molecule has 2 aromatic carbocycles. The number of ketones is 1. The summed E-state index contributed by atoms with van der Waals surface area (Å²) in [4.78, 5) is 23.1. The van der Waals surface area contributed by atoms with E-state index in [0.29, 0.717) is 24.5 Å². The van der Waals surface area contributed by atoms with Crippen LogP contribution in [-0.2, 0) is 14.9 Å². The number of rotatable bonds is 10. The summed E-state index contributed by atoms with van der Waals surface area (Å²) < 4.78 is 16.0. The van der Waals surface area contributed by atoms with E-state index >= 15 is 0 Å². The molecule has 0 atom stereocenters. The van der Waals surface area contributed by atoms with E-state index < -0.39 is 5.97 Å². The lowest BCUT2D eigenvalue weighted by Gasteiger charge is -2.33. The van der Waals surface area contributed by atoms with Gasteiger partial charge in [-0.3, -0.25) is 9.59 Å². The van der Waals surface area contributed by atoms with Crippen LogP contribution in [0.4, 0.5) is 0 Å². The Morgan fingerprint density at radius 2 is 1.26 bits per heavy atom. The molecule has 0 aromatic heterocycles. The molecule has 0 bridgehead atoms. The first-order valence-corrected chi connectivity index (χ1v) is 10.6. The standard InChI is InChI=1S/C26H34O5/c1-25(2,3)18-26(4,5)20-9-13-22(14-10-20)31-16-15-30-21-11-7-19(8-12-21)23(27)17-24(28)29-6/h7-14H,15-18H2,1-6H3. The molecule has 0 amide bonds. The van der Waals surface area contributed by atoms with E-state index in [4.69, 9.17) is 9.47 Å². The fourth-order valence-corrected chi connectivity index (χ4v) is 3.79. The van der Waals surface area contributed by atoms with Gasteiger partial charge in [0.2, 0.25) is 0 Å². The highest BCUT2D eigenvalue weighted by atomic mass is 16.5. The Labute approximate surface area is 185 Å². The number of carbonyl (C=O) groups is 2. The number of hydrogen-bond donors (Lipinski definition) is 0. The van der Waals surface area contributed by atoms with Crippen molar-refractivity contribution in [3.05, 3.63) is 59.7 Å². The summed E-state index contributed by atoms with van der Waals surface area (Å²) in [5.74, 6) is 0.615. The Balaban J connectivity index is 1.80. The predicted octanol–water partition coefficient (Wildman–Crippen LogP) is 5.60. The maximum atomic E-state index is 11.9. The van der Waals surface area contributed by atoms with Crippen molar-refractivity contribution >= 4 is 11.8 Å². The monoisotopic (exact) mass is 426 g/mol. The van der Waals surface area contributed by atoms with Crippen LogP contribution < -0.4 is 9.47 Å². The topological polar surface area (TPSA) is 61.8 Å². The minimum Gasteiger partial charge on any atom is -0.490 e. The lowest BCUT2D eigenvalue weighted by molar-refractivity contribution is -0.139. The lowest BCUT2D eigenvalue weighted by atomic mass is 9.72. The zero-order chi connectivity index (χ0) is 23.1. The third-order valence-corrected chi connectivity index (χ3v) is 4.94. The summed E-state index contributed by atoms with van der Waals surface area (Å²) in [6.07, 6.45) is 0.831. The third-order valence-electron chi connectivity index (χ3n) is 4.94. The highest BCUT2D eigenvalue weighted by Crippen LogP contribution is 2.36. The molecule has 0 unspecified atom stereocenters. The maximum Gasteiger partial charge on any atom is 0.313 e. The van der Waals surface area contributed by atoms with E-state index in [-0.39, 0.29) is 23.0 Å². The molecular formula is C26H34O5. The molecular weight excluding hydrogens is 392 g/mol. The van der Waals surface area contributed by atoms with Gasteiger partial charge in [-0.15, -0.1) is 0 Å². The normalized spacial score (nSPS) is 11.7. The quantitative estimate of drug-likeness (QED) is 0.214. The summed E-state index contributed by atoms with van der Waals surface area (Å²) in [6, 6.07) is 15.0. The highest BCUT2D eigenvalue weighted by Gasteiger charge is 2.27. The molecule has 0 saturated heterocycles. The van der Waals surface area contributed by atoms with Gasteiger partial charge in [0.15, 0.2) is 5.78 Å². The molecule has 0 fully saturated rings. The van der Waals surface area contributed by atoms with Crippen LogP contribution in [0.2, 0.25) is 0 Å². The van der Waals surface area contributed by atoms with Gasteiger partial charge in [-0.1, -0.05) is 46.8 Å². The zero-order valence-electron chi connectivity index (χ0n) is 19.5. The summed E-state index contributed by atoms with van der Waals surface area (Å²) in [5, 5.41) is 0. The van der Waals surface area contributed by atoms with Crippen LogP contribution in [0.1, 0.15) is 63.4 Å². The maximum absolute atomic E-state index is 11.9. The van der Waals surface area contributed by atoms with Gasteiger partial charge in [0, 0.05) is 5.56 Å². The minimum atomic E-state index is -0.548. The summed E-state index contributed by atoms with van der Waals surface area (Å²) >= 11 is 0. The van der Waals surface area contributed by atoms with Crippen LogP contribution in [0, 0.1) is 5.41 Å². The van der Waals surface area contributed by atoms with Crippen molar-refractivity contribution in [2.75, 3.05) is 20.3 Å². The van der Waals surface area contributed by atoms with Crippen molar-refractivity contribution in [3.8, 4) is 11.5 Å². The molecule has 0 aliphatic carbocycles. The number of carbonyl (C=O) groups excluding carboxylic acids is 2. The minimum absolute atomic E-state index is 0.101. The molecule has 0 heterocycles. The average Bonchev–Trinajstić information content (AvgIpc) is 2.70. The number of ether oxygens (including phenoxy) is 3. The van der Waals surface area contributed by atoms with Gasteiger partial charge in [-0.05, 0) is 59.2 Å². The van der Waals surface area contributed by atoms with Gasteiger partial charge in [0.1, 0.15) is 31.1 Å². The number of esters is 1.